The van der Waals surface area contributed by atoms with Gasteiger partial charge in [-0.05, 0) is 66.5 Å². The van der Waals surface area contributed by atoms with E-state index in [0.717, 1.165) is 42.8 Å². The molecule has 0 aliphatic heterocycles. The summed E-state index contributed by atoms with van der Waals surface area (Å²) < 4.78 is 16.8. The summed E-state index contributed by atoms with van der Waals surface area (Å²) in [7, 11) is 8.54. The number of hydrogen-bond donors (Lipinski definition) is 3. The van der Waals surface area contributed by atoms with Crippen LogP contribution < -0.4 is 5.48 Å². The summed E-state index contributed by atoms with van der Waals surface area (Å²) in [6.07, 6.45) is 14.6. The lowest BCUT2D eigenvalue weighted by molar-refractivity contribution is -0.121. The molecule has 4 aromatic rings. The van der Waals surface area contributed by atoms with Crippen molar-refractivity contribution in [2.24, 2.45) is 50.7 Å². The molecule has 4 aromatic heterocycles. The first-order valence-corrected chi connectivity index (χ1v) is 19.7. The summed E-state index contributed by atoms with van der Waals surface area (Å²) in [6, 6.07) is 0. The second kappa shape index (κ2) is 17.0. The number of ketones is 1. The Morgan fingerprint density at radius 2 is 1.25 bits per heavy atom. The zero-order valence-corrected chi connectivity index (χ0v) is 35.6. The molecule has 6 aliphatic rings. The maximum absolute atomic E-state index is 12.1. The Kier molecular flexibility index (Phi) is 13.0. The van der Waals surface area contributed by atoms with Gasteiger partial charge in [0.2, 0.25) is 11.4 Å². The van der Waals surface area contributed by atoms with Crippen LogP contribution in [0.15, 0.2) is 52.5 Å². The van der Waals surface area contributed by atoms with Gasteiger partial charge >= 0.3 is 0 Å². The zero-order chi connectivity index (χ0) is 43.4. The van der Waals surface area contributed by atoms with Crippen LogP contribution in [0, 0.1) is 42.7 Å². The molecule has 0 bridgehead atoms. The molecule has 3 N–H and O–H groups in total. The third-order valence-corrected chi connectivity index (χ3v) is 14.1. The van der Waals surface area contributed by atoms with E-state index in [4.69, 9.17) is 29.3 Å². The minimum absolute atomic E-state index is 0. The number of hydrogen-bond acceptors (Lipinski definition) is 9. The zero-order valence-electron chi connectivity index (χ0n) is 36.6. The molecule has 0 aromatic carbocycles. The summed E-state index contributed by atoms with van der Waals surface area (Å²) in [4.78, 5) is 19.0. The Bertz CT molecular complexity index is 2390. The van der Waals surface area contributed by atoms with Crippen LogP contribution in [-0.2, 0) is 67.9 Å². The minimum Gasteiger partial charge on any atom is -0.523 e. The van der Waals surface area contributed by atoms with Crippen molar-refractivity contribution < 1.29 is 21.0 Å². The molecule has 0 amide bonds. The molecule has 0 saturated carbocycles. The molecular formula is C46H66N10O4. The molecule has 324 valence electrons. The fraction of sp³-hybridized carbons (Fsp3) is 0.587. The van der Waals surface area contributed by atoms with E-state index < -0.39 is 0 Å². The van der Waals surface area contributed by atoms with Crippen LogP contribution in [0.25, 0.3) is 9.69 Å². The predicted octanol–water partition coefficient (Wildman–Crippen LogP) is 8.15. The average Bonchev–Trinajstić information content (AvgIpc) is 4.07. The number of Topliss-reactive ketones (excluding diaryl/α,β-unsaturated/α-hetero) is 1. The smallest absolute Gasteiger partial charge is 0.226 e. The number of nitrogens with zero attached hydrogens (tertiary/aromatic N) is 9. The molecule has 0 fully saturated rings. The van der Waals surface area contributed by atoms with Crippen molar-refractivity contribution in [2.45, 2.75) is 118 Å². The minimum atomic E-state index is -0.260. The molecule has 10 rings (SSSR count). The van der Waals surface area contributed by atoms with E-state index in [1.807, 2.05) is 67.5 Å². The second-order valence-corrected chi connectivity index (χ2v) is 17.7. The summed E-state index contributed by atoms with van der Waals surface area (Å²) in [5, 5.41) is 35.2. The van der Waals surface area contributed by atoms with Crippen LogP contribution in [0.5, 0.6) is 0 Å². The number of carbonyl (C=O) groups is 1. The van der Waals surface area contributed by atoms with Gasteiger partial charge in [-0.2, -0.15) is 15.3 Å². The van der Waals surface area contributed by atoms with Crippen molar-refractivity contribution >= 4 is 5.78 Å². The van der Waals surface area contributed by atoms with Gasteiger partial charge in [0.05, 0.1) is 42.2 Å². The maximum Gasteiger partial charge on any atom is 0.226 e. The molecule has 0 saturated heterocycles. The summed E-state index contributed by atoms with van der Waals surface area (Å²) >= 11 is 0. The molecule has 6 aliphatic carbocycles. The SMILES string of the molecule is C.C.CNO.C[C@@H]1c2oncc2C[C@]2(C)c3nn(C)cc3C[C@@H]12.[3H]C.[C-]#[N+]C1=C(O)[C@@H](C)[C@@H]2Cc3cn(C)nc3[C@@]2(C)C1.[C-]#[N+]C1=C[C@]2(C)c3nn(C)cc3C[C@@H]2[C@H](C)C1=O. The van der Waals surface area contributed by atoms with E-state index >= 15 is 0 Å². The molecule has 60 heavy (non-hydrogen) atoms. The lowest BCUT2D eigenvalue weighted by Crippen LogP contribution is -2.40. The highest BCUT2D eigenvalue weighted by Gasteiger charge is 2.54. The molecule has 14 nitrogen and oxygen atoms in total. The molecule has 0 spiro atoms. The fourth-order valence-electron chi connectivity index (χ4n) is 11.3. The summed E-state index contributed by atoms with van der Waals surface area (Å²) in [6.45, 7) is 27.2. The van der Waals surface area contributed by atoms with Crippen molar-refractivity contribution in [3.63, 3.8) is 0 Å². The quantitative estimate of drug-likeness (QED) is 0.118. The van der Waals surface area contributed by atoms with E-state index in [2.05, 4.69) is 65.1 Å². The van der Waals surface area contributed by atoms with Gasteiger partial charge < -0.3 is 19.6 Å². The van der Waals surface area contributed by atoms with E-state index in [0.29, 0.717) is 35.6 Å². The van der Waals surface area contributed by atoms with E-state index in [1.54, 1.807) is 5.48 Å². The fourth-order valence-corrected chi connectivity index (χ4v) is 11.3. The average molecular weight is 825 g/mol. The van der Waals surface area contributed by atoms with Crippen LogP contribution in [0.2, 0.25) is 0 Å². The Morgan fingerprint density at radius 1 is 0.783 bits per heavy atom. The number of aromatic nitrogens is 7. The van der Waals surface area contributed by atoms with Gasteiger partial charge in [0.1, 0.15) is 5.76 Å². The van der Waals surface area contributed by atoms with Crippen LogP contribution >= 0.6 is 0 Å². The first-order chi connectivity index (χ1) is 27.9. The molecule has 0 unspecified atom stereocenters. The van der Waals surface area contributed by atoms with E-state index in [1.165, 1.54) is 42.4 Å². The lowest BCUT2D eigenvalue weighted by atomic mass is 9.64. The number of aliphatic hydroxyl groups excluding tert-OH is 1. The maximum atomic E-state index is 12.1. The number of carbonyl (C=O) groups excluding carboxylic acids is 1. The Morgan fingerprint density at radius 3 is 1.77 bits per heavy atom. The first kappa shape index (κ1) is 45.8. The standard InChI is InChI=1S/2C14H17N3O.C14H15N3O.CH5NO.3CH4/c1-8-11-4-9-7-17(3)16-13(9)14(11,2)5-10-6-15-18-12(8)10;2*1-8-10-5-9-7-17(4)16-13(9)14(10,2)6-11(15-3)12(8)18;1-2-3;;;/h6-8,11H,4-5H2,1-3H3;7-8,10,18H,5-6H2,1-2,4H3;6-8,10H,5H2,1-2,4H3;2-3H,1H3;3*1H4/t8-,11-,14-;8-,10-,14-;8-,10+,14-;;;;/m000..../s1/i;;;;1T;;. The van der Waals surface area contributed by atoms with E-state index in [9.17, 15) is 9.90 Å². The number of allylic oxidation sites excluding steroid dienone is 4. The van der Waals surface area contributed by atoms with Crippen LogP contribution in [0.3, 0.4) is 0 Å². The predicted molar refractivity (Wildman–Crippen MR) is 232 cm³/mol. The van der Waals surface area contributed by atoms with Gasteiger partial charge in [0.25, 0.3) is 0 Å². The molecular weight excluding hydrogens is 757 g/mol. The Balaban J connectivity index is 0.000000188. The van der Waals surface area contributed by atoms with Crippen LogP contribution in [0.4, 0.5) is 0 Å². The summed E-state index contributed by atoms with van der Waals surface area (Å²) in [5.74, 6) is 2.96. The van der Waals surface area contributed by atoms with Gasteiger partial charge in [-0.1, -0.05) is 75.0 Å². The Hall–Kier alpha value is -5.31. The molecule has 4 heterocycles. The first-order valence-electron chi connectivity index (χ1n) is 20.7. The number of aryl methyl sites for hydroxylation is 3. The second-order valence-electron chi connectivity index (χ2n) is 17.7. The van der Waals surface area contributed by atoms with Crippen molar-refractivity contribution in [1.82, 2.24) is 40.0 Å². The third-order valence-electron chi connectivity index (χ3n) is 14.1. The van der Waals surface area contributed by atoms with Crippen molar-refractivity contribution in [3.8, 4) is 0 Å². The van der Waals surface area contributed by atoms with Gasteiger partial charge in [-0.3, -0.25) is 14.0 Å². The topological polar surface area (TPSA) is 158 Å². The number of aliphatic hydroxyl groups is 1. The number of fused-ring (bicyclic) bond motifs is 10. The lowest BCUT2D eigenvalue weighted by Gasteiger charge is -2.39. The van der Waals surface area contributed by atoms with Crippen molar-refractivity contribution in [1.29, 1.82) is 0 Å². The number of hydroxylamine groups is 1. The molecule has 0 radical (unpaired) electrons. The molecule has 14 heteroatoms. The monoisotopic (exact) mass is 825 g/mol. The number of rotatable bonds is 0. The van der Waals surface area contributed by atoms with Crippen molar-refractivity contribution in [3.05, 3.63) is 116 Å². The molecule has 9 atom stereocenters. The van der Waals surface area contributed by atoms with E-state index in [-0.39, 0.29) is 60.3 Å². The van der Waals surface area contributed by atoms with Gasteiger partial charge in [0.15, 0.2) is 5.78 Å². The highest BCUT2D eigenvalue weighted by Crippen LogP contribution is 2.56. The van der Waals surface area contributed by atoms with Crippen LogP contribution in [0.1, 0.15) is 123 Å². The van der Waals surface area contributed by atoms with Crippen LogP contribution in [-0.4, -0.2) is 57.6 Å². The number of nitrogens with one attached hydrogen (secondary N) is 1. The summed E-state index contributed by atoms with van der Waals surface area (Å²) in [5.41, 5.74) is 10.9. The third kappa shape index (κ3) is 7.21. The normalized spacial score (nSPS) is 30.7. The highest BCUT2D eigenvalue weighted by atomic mass is 16.5. The Labute approximate surface area is 357 Å². The van der Waals surface area contributed by atoms with Gasteiger partial charge in [0, 0.05) is 87.7 Å². The largest absolute Gasteiger partial charge is 0.523 e. The highest BCUT2D eigenvalue weighted by molar-refractivity contribution is 6.00. The van der Waals surface area contributed by atoms with Crippen molar-refractivity contribution in [2.75, 3.05) is 7.05 Å². The van der Waals surface area contributed by atoms with Gasteiger partial charge in [-0.25, -0.2) is 15.2 Å². The van der Waals surface area contributed by atoms with Gasteiger partial charge in [-0.15, -0.1) is 0 Å².